The second-order valence-electron chi connectivity index (χ2n) is 7.32. The van der Waals surface area contributed by atoms with E-state index in [2.05, 4.69) is 35.5 Å². The van der Waals surface area contributed by atoms with Gasteiger partial charge in [-0.2, -0.15) is 0 Å². The van der Waals surface area contributed by atoms with Crippen molar-refractivity contribution in [3.8, 4) is 0 Å². The van der Waals surface area contributed by atoms with E-state index in [9.17, 15) is 13.2 Å². The van der Waals surface area contributed by atoms with Crippen molar-refractivity contribution < 1.29 is 13.2 Å². The maximum Gasteiger partial charge on any atom is 0.253 e. The van der Waals surface area contributed by atoms with E-state index in [-0.39, 0.29) is 23.5 Å². The van der Waals surface area contributed by atoms with Gasteiger partial charge in [0.05, 0.1) is 17.1 Å². The summed E-state index contributed by atoms with van der Waals surface area (Å²) in [5.41, 5.74) is 3.79. The highest BCUT2D eigenvalue weighted by molar-refractivity contribution is 7.91. The van der Waals surface area contributed by atoms with Gasteiger partial charge in [-0.25, -0.2) is 13.4 Å². The molecule has 0 saturated carbocycles. The molecule has 1 atom stereocenters. The quantitative estimate of drug-likeness (QED) is 0.823. The van der Waals surface area contributed by atoms with E-state index in [1.165, 1.54) is 11.8 Å². The Labute approximate surface area is 160 Å². The first-order valence-corrected chi connectivity index (χ1v) is 10.9. The largest absolute Gasteiger partial charge is 0.348 e. The molecule has 1 fully saturated rings. The van der Waals surface area contributed by atoms with Gasteiger partial charge >= 0.3 is 0 Å². The summed E-state index contributed by atoms with van der Waals surface area (Å²) in [5, 5.41) is 6.12. The van der Waals surface area contributed by atoms with Gasteiger partial charge in [-0.15, -0.1) is 0 Å². The van der Waals surface area contributed by atoms with Gasteiger partial charge in [-0.1, -0.05) is 32.0 Å². The van der Waals surface area contributed by atoms with Gasteiger partial charge in [0.25, 0.3) is 5.91 Å². The molecule has 1 unspecified atom stereocenters. The van der Waals surface area contributed by atoms with E-state index in [1.807, 2.05) is 19.1 Å². The zero-order chi connectivity index (χ0) is 19.6. The van der Waals surface area contributed by atoms with Gasteiger partial charge in [-0.05, 0) is 42.5 Å². The SMILES string of the molecule is Cc1cccc(C(C)C)c1Nc1ccc(C(=O)NC2CCS(=O)(=O)C2)cn1. The fourth-order valence-electron chi connectivity index (χ4n) is 3.25. The molecule has 2 N–H and O–H groups in total. The van der Waals surface area contributed by atoms with Crippen LogP contribution in [0.4, 0.5) is 11.5 Å². The van der Waals surface area contributed by atoms with Crippen molar-refractivity contribution in [2.24, 2.45) is 0 Å². The van der Waals surface area contributed by atoms with Gasteiger partial charge in [0.1, 0.15) is 5.82 Å². The number of amides is 1. The summed E-state index contributed by atoms with van der Waals surface area (Å²) >= 11 is 0. The minimum atomic E-state index is -3.02. The standard InChI is InChI=1S/C20H25N3O3S/c1-13(2)17-6-4-5-14(3)19(17)23-18-8-7-15(11-21-18)20(24)22-16-9-10-27(25,26)12-16/h4-8,11,13,16H,9-10,12H2,1-3H3,(H,21,23)(H,22,24). The van der Waals surface area contributed by atoms with Crippen LogP contribution in [0.5, 0.6) is 0 Å². The van der Waals surface area contributed by atoms with E-state index in [0.717, 1.165) is 11.3 Å². The average Bonchev–Trinajstić information content (AvgIpc) is 2.95. The van der Waals surface area contributed by atoms with Gasteiger partial charge in [0.15, 0.2) is 9.84 Å². The van der Waals surface area contributed by atoms with Crippen LogP contribution < -0.4 is 10.6 Å². The first-order valence-electron chi connectivity index (χ1n) is 9.09. The van der Waals surface area contributed by atoms with Crippen molar-refractivity contribution in [3.63, 3.8) is 0 Å². The van der Waals surface area contributed by atoms with Crippen LogP contribution in [0.3, 0.4) is 0 Å². The molecule has 2 aromatic rings. The summed E-state index contributed by atoms with van der Waals surface area (Å²) in [6.07, 6.45) is 1.97. The summed E-state index contributed by atoms with van der Waals surface area (Å²) in [4.78, 5) is 16.7. The third kappa shape index (κ3) is 4.66. The van der Waals surface area contributed by atoms with E-state index in [0.29, 0.717) is 23.7 Å². The molecule has 0 radical (unpaired) electrons. The van der Waals surface area contributed by atoms with Crippen LogP contribution in [0.25, 0.3) is 0 Å². The molecule has 0 spiro atoms. The van der Waals surface area contributed by atoms with Crippen LogP contribution in [-0.2, 0) is 9.84 Å². The lowest BCUT2D eigenvalue weighted by Crippen LogP contribution is -2.35. The number of nitrogens with zero attached hydrogens (tertiary/aromatic N) is 1. The topological polar surface area (TPSA) is 88.2 Å². The van der Waals surface area contributed by atoms with E-state index < -0.39 is 9.84 Å². The number of carbonyl (C=O) groups excluding carboxylic acids is 1. The van der Waals surface area contributed by atoms with Gasteiger partial charge in [-0.3, -0.25) is 4.79 Å². The maximum atomic E-state index is 12.3. The highest BCUT2D eigenvalue weighted by Crippen LogP contribution is 2.29. The Morgan fingerprint density at radius 2 is 2.00 bits per heavy atom. The number of sulfone groups is 1. The molecule has 0 bridgehead atoms. The molecule has 6 nitrogen and oxygen atoms in total. The number of pyridine rings is 1. The number of anilines is 2. The molecule has 27 heavy (non-hydrogen) atoms. The lowest BCUT2D eigenvalue weighted by atomic mass is 9.98. The van der Waals surface area contributed by atoms with Crippen LogP contribution in [0.1, 0.15) is 47.7 Å². The van der Waals surface area contributed by atoms with Crippen molar-refractivity contribution in [2.45, 2.75) is 39.2 Å². The Balaban J connectivity index is 1.70. The number of hydrogen-bond donors (Lipinski definition) is 2. The van der Waals surface area contributed by atoms with Crippen LogP contribution in [0, 0.1) is 6.92 Å². The minimum Gasteiger partial charge on any atom is -0.348 e. The average molecular weight is 388 g/mol. The van der Waals surface area contributed by atoms with Crippen LogP contribution >= 0.6 is 0 Å². The molecule has 2 heterocycles. The normalized spacial score (nSPS) is 18.4. The van der Waals surface area contributed by atoms with Crippen LogP contribution in [-0.4, -0.2) is 36.9 Å². The van der Waals surface area contributed by atoms with Crippen molar-refractivity contribution >= 4 is 27.2 Å². The zero-order valence-corrected chi connectivity index (χ0v) is 16.6. The molecular weight excluding hydrogens is 362 g/mol. The lowest BCUT2D eigenvalue weighted by Gasteiger charge is -2.17. The number of aromatic nitrogens is 1. The molecule has 1 aromatic heterocycles. The third-order valence-corrected chi connectivity index (χ3v) is 6.54. The fourth-order valence-corrected chi connectivity index (χ4v) is 4.92. The van der Waals surface area contributed by atoms with Crippen molar-refractivity contribution in [1.82, 2.24) is 10.3 Å². The molecule has 0 aliphatic carbocycles. The number of para-hydroxylation sites is 1. The number of carbonyl (C=O) groups is 1. The minimum absolute atomic E-state index is 0.0110. The van der Waals surface area contributed by atoms with E-state index in [4.69, 9.17) is 0 Å². The monoisotopic (exact) mass is 387 g/mol. The van der Waals surface area contributed by atoms with Crippen LogP contribution in [0.2, 0.25) is 0 Å². The Morgan fingerprint density at radius 3 is 2.59 bits per heavy atom. The highest BCUT2D eigenvalue weighted by Gasteiger charge is 2.29. The Morgan fingerprint density at radius 1 is 1.22 bits per heavy atom. The summed E-state index contributed by atoms with van der Waals surface area (Å²) in [6.45, 7) is 6.33. The first-order chi connectivity index (χ1) is 12.7. The second kappa shape index (κ2) is 7.68. The lowest BCUT2D eigenvalue weighted by molar-refractivity contribution is 0.0941. The second-order valence-corrected chi connectivity index (χ2v) is 9.55. The van der Waals surface area contributed by atoms with Gasteiger partial charge < -0.3 is 10.6 Å². The number of rotatable bonds is 5. The molecular formula is C20H25N3O3S. The summed E-state index contributed by atoms with van der Waals surface area (Å²) < 4.78 is 23.0. The van der Waals surface area contributed by atoms with Crippen LogP contribution in [0.15, 0.2) is 36.5 Å². The van der Waals surface area contributed by atoms with Crippen molar-refractivity contribution in [2.75, 3.05) is 16.8 Å². The van der Waals surface area contributed by atoms with E-state index in [1.54, 1.807) is 12.1 Å². The molecule has 1 aliphatic rings. The van der Waals surface area contributed by atoms with E-state index >= 15 is 0 Å². The Hall–Kier alpha value is -2.41. The fraction of sp³-hybridized carbons (Fsp3) is 0.400. The molecule has 1 saturated heterocycles. The predicted molar refractivity (Wildman–Crippen MR) is 107 cm³/mol. The number of aryl methyl sites for hydroxylation is 1. The summed E-state index contributed by atoms with van der Waals surface area (Å²) in [5.74, 6) is 0.881. The van der Waals surface area contributed by atoms with Gasteiger partial charge in [0, 0.05) is 17.9 Å². The zero-order valence-electron chi connectivity index (χ0n) is 15.8. The summed E-state index contributed by atoms with van der Waals surface area (Å²) in [7, 11) is -3.02. The Bertz CT molecular complexity index is 937. The maximum absolute atomic E-state index is 12.3. The molecule has 7 heteroatoms. The first kappa shape index (κ1) is 19.4. The van der Waals surface area contributed by atoms with Gasteiger partial charge in [0.2, 0.25) is 0 Å². The smallest absolute Gasteiger partial charge is 0.253 e. The molecule has 1 aromatic carbocycles. The number of nitrogens with one attached hydrogen (secondary N) is 2. The molecule has 1 aliphatic heterocycles. The molecule has 3 rings (SSSR count). The number of benzene rings is 1. The highest BCUT2D eigenvalue weighted by atomic mass is 32.2. The molecule has 1 amide bonds. The third-order valence-electron chi connectivity index (χ3n) is 4.77. The Kier molecular flexibility index (Phi) is 5.51. The number of hydrogen-bond acceptors (Lipinski definition) is 5. The predicted octanol–water partition coefficient (Wildman–Crippen LogP) is 3.17. The van der Waals surface area contributed by atoms with Crippen molar-refractivity contribution in [3.05, 3.63) is 53.2 Å². The summed E-state index contributed by atoms with van der Waals surface area (Å²) in [6, 6.07) is 9.32. The molecule has 144 valence electrons. The van der Waals surface area contributed by atoms with Crippen molar-refractivity contribution in [1.29, 1.82) is 0 Å².